The van der Waals surface area contributed by atoms with E-state index in [2.05, 4.69) is 10.00 Å². The van der Waals surface area contributed by atoms with E-state index in [4.69, 9.17) is 4.74 Å². The topological polar surface area (TPSA) is 50.6 Å². The number of hydrogen-bond donors (Lipinski definition) is 0. The zero-order valence-corrected chi connectivity index (χ0v) is 15.2. The van der Waals surface area contributed by atoms with Gasteiger partial charge in [0.15, 0.2) is 0 Å². The first-order chi connectivity index (χ1) is 13.2. The van der Waals surface area contributed by atoms with Crippen LogP contribution in [0, 0.1) is 5.82 Å². The second-order valence-electron chi connectivity index (χ2n) is 7.54. The Balaban J connectivity index is 1.54. The van der Waals surface area contributed by atoms with Gasteiger partial charge in [0.2, 0.25) is 0 Å². The third-order valence-electron chi connectivity index (χ3n) is 6.02. The van der Waals surface area contributed by atoms with Crippen molar-refractivity contribution in [3.05, 3.63) is 41.3 Å². The van der Waals surface area contributed by atoms with Crippen molar-refractivity contribution in [3.63, 3.8) is 0 Å². The third kappa shape index (κ3) is 2.95. The van der Waals surface area contributed by atoms with Gasteiger partial charge in [-0.2, -0.15) is 9.78 Å². The SMILES string of the molecule is O=C(N1CCN2CCC1CC2)n1nc(-c2ccc(F)cc2)c2c1CCOC2. The van der Waals surface area contributed by atoms with Gasteiger partial charge in [0.25, 0.3) is 0 Å². The molecule has 0 N–H and O–H groups in total. The van der Waals surface area contributed by atoms with Gasteiger partial charge in [-0.05, 0) is 37.1 Å². The molecule has 7 heteroatoms. The number of aromatic nitrogens is 2. The zero-order valence-electron chi connectivity index (χ0n) is 15.2. The Kier molecular flexibility index (Phi) is 4.21. The summed E-state index contributed by atoms with van der Waals surface area (Å²) in [6.45, 7) is 4.85. The number of fused-ring (bicyclic) bond motifs is 5. The minimum atomic E-state index is -0.283. The first-order valence-corrected chi connectivity index (χ1v) is 9.68. The molecular formula is C20H23FN4O2. The number of carbonyl (C=O) groups is 1. The molecule has 1 aromatic carbocycles. The Morgan fingerprint density at radius 1 is 1.11 bits per heavy atom. The van der Waals surface area contributed by atoms with Gasteiger partial charge in [-0.3, -0.25) is 0 Å². The van der Waals surface area contributed by atoms with Crippen molar-refractivity contribution in [2.24, 2.45) is 0 Å². The third-order valence-corrected chi connectivity index (χ3v) is 6.02. The average Bonchev–Trinajstić information content (AvgIpc) is 2.84. The predicted molar refractivity (Wildman–Crippen MR) is 97.9 cm³/mol. The highest BCUT2D eigenvalue weighted by Gasteiger charge is 2.35. The largest absolute Gasteiger partial charge is 0.376 e. The number of hydrogen-bond acceptors (Lipinski definition) is 4. The summed E-state index contributed by atoms with van der Waals surface area (Å²) in [7, 11) is 0. The molecule has 6 nitrogen and oxygen atoms in total. The highest BCUT2D eigenvalue weighted by Crippen LogP contribution is 2.30. The molecule has 3 saturated heterocycles. The fourth-order valence-corrected chi connectivity index (χ4v) is 4.49. The number of amides is 1. The fraction of sp³-hybridized carbons (Fsp3) is 0.500. The molecule has 0 aliphatic carbocycles. The molecular weight excluding hydrogens is 347 g/mol. The van der Waals surface area contributed by atoms with E-state index in [1.807, 2.05) is 4.90 Å². The molecule has 27 heavy (non-hydrogen) atoms. The van der Waals surface area contributed by atoms with E-state index in [9.17, 15) is 9.18 Å². The Labute approximate surface area is 157 Å². The monoisotopic (exact) mass is 370 g/mol. The molecule has 4 aliphatic rings. The minimum absolute atomic E-state index is 0.0322. The molecule has 2 bridgehead atoms. The van der Waals surface area contributed by atoms with Crippen molar-refractivity contribution in [1.29, 1.82) is 0 Å². The van der Waals surface area contributed by atoms with Crippen LogP contribution in [0.1, 0.15) is 24.1 Å². The van der Waals surface area contributed by atoms with Crippen LogP contribution >= 0.6 is 0 Å². The predicted octanol–water partition coefficient (Wildman–Crippen LogP) is 2.51. The molecule has 0 atom stereocenters. The summed E-state index contributed by atoms with van der Waals surface area (Å²) in [5.41, 5.74) is 3.42. The minimum Gasteiger partial charge on any atom is -0.376 e. The number of benzene rings is 1. The second kappa shape index (κ2) is 6.73. The smallest absolute Gasteiger partial charge is 0.345 e. The van der Waals surface area contributed by atoms with E-state index in [0.29, 0.717) is 25.7 Å². The lowest BCUT2D eigenvalue weighted by molar-refractivity contribution is 0.108. The Morgan fingerprint density at radius 3 is 2.67 bits per heavy atom. The Bertz CT molecular complexity index is 856. The maximum absolute atomic E-state index is 13.4. The molecule has 3 fully saturated rings. The summed E-state index contributed by atoms with van der Waals surface area (Å²) in [5, 5.41) is 4.69. The number of nitrogens with zero attached hydrogens (tertiary/aromatic N) is 4. The van der Waals surface area contributed by atoms with Crippen LogP contribution in [0.25, 0.3) is 11.3 Å². The van der Waals surface area contributed by atoms with Crippen LogP contribution in [0.2, 0.25) is 0 Å². The van der Waals surface area contributed by atoms with E-state index < -0.39 is 0 Å². The number of ether oxygens (including phenoxy) is 1. The van der Waals surface area contributed by atoms with Crippen LogP contribution in [-0.4, -0.2) is 64.4 Å². The molecule has 0 unspecified atom stereocenters. The van der Waals surface area contributed by atoms with Crippen molar-refractivity contribution in [1.82, 2.24) is 19.6 Å². The van der Waals surface area contributed by atoms with Crippen molar-refractivity contribution >= 4 is 6.03 Å². The van der Waals surface area contributed by atoms with Crippen LogP contribution in [0.5, 0.6) is 0 Å². The standard InChI is InChI=1S/C20H23FN4O2/c21-15-3-1-14(2-4-15)19-17-13-27-12-7-18(17)25(22-19)20(26)24-11-10-23-8-5-16(24)6-9-23/h1-4,16H,5-13H2. The molecule has 0 radical (unpaired) electrons. The molecule has 142 valence electrons. The van der Waals surface area contributed by atoms with E-state index >= 15 is 0 Å². The fourth-order valence-electron chi connectivity index (χ4n) is 4.49. The lowest BCUT2D eigenvalue weighted by Gasteiger charge is -2.31. The van der Waals surface area contributed by atoms with Gasteiger partial charge in [-0.1, -0.05) is 0 Å². The van der Waals surface area contributed by atoms with Gasteiger partial charge in [-0.15, -0.1) is 0 Å². The lowest BCUT2D eigenvalue weighted by Crippen LogP contribution is -2.44. The maximum Gasteiger partial charge on any atom is 0.345 e. The Hall–Kier alpha value is -2.25. The molecule has 0 spiro atoms. The molecule has 4 aliphatic heterocycles. The van der Waals surface area contributed by atoms with Crippen LogP contribution in [0.15, 0.2) is 24.3 Å². The maximum atomic E-state index is 13.4. The van der Waals surface area contributed by atoms with E-state index in [0.717, 1.165) is 61.5 Å². The summed E-state index contributed by atoms with van der Waals surface area (Å²) >= 11 is 0. The summed E-state index contributed by atoms with van der Waals surface area (Å²) in [6.07, 6.45) is 2.73. The van der Waals surface area contributed by atoms with E-state index in [1.54, 1.807) is 16.8 Å². The van der Waals surface area contributed by atoms with Gasteiger partial charge >= 0.3 is 6.03 Å². The Morgan fingerprint density at radius 2 is 1.89 bits per heavy atom. The molecule has 6 rings (SSSR count). The highest BCUT2D eigenvalue weighted by molar-refractivity contribution is 5.79. The normalized spacial score (nSPS) is 24.6. The molecule has 0 saturated carbocycles. The molecule has 1 amide bonds. The van der Waals surface area contributed by atoms with Crippen molar-refractivity contribution in [2.75, 3.05) is 32.8 Å². The van der Waals surface area contributed by atoms with Gasteiger partial charge in [-0.25, -0.2) is 9.18 Å². The van der Waals surface area contributed by atoms with Crippen LogP contribution in [-0.2, 0) is 17.8 Å². The van der Waals surface area contributed by atoms with Gasteiger partial charge < -0.3 is 14.5 Å². The quantitative estimate of drug-likeness (QED) is 0.774. The van der Waals surface area contributed by atoms with Crippen LogP contribution in [0.4, 0.5) is 9.18 Å². The van der Waals surface area contributed by atoms with Crippen molar-refractivity contribution in [3.8, 4) is 11.3 Å². The number of piperidine rings is 1. The highest BCUT2D eigenvalue weighted by atomic mass is 19.1. The zero-order chi connectivity index (χ0) is 18.4. The first-order valence-electron chi connectivity index (χ1n) is 9.68. The van der Waals surface area contributed by atoms with E-state index in [-0.39, 0.29) is 11.8 Å². The van der Waals surface area contributed by atoms with Crippen molar-refractivity contribution < 1.29 is 13.9 Å². The number of carbonyl (C=O) groups excluding carboxylic acids is 1. The first kappa shape index (κ1) is 16.9. The van der Waals surface area contributed by atoms with Gasteiger partial charge in [0.1, 0.15) is 5.82 Å². The molecule has 5 heterocycles. The van der Waals surface area contributed by atoms with Gasteiger partial charge in [0, 0.05) is 49.8 Å². The molecule has 1 aromatic heterocycles. The number of rotatable bonds is 1. The van der Waals surface area contributed by atoms with Crippen molar-refractivity contribution in [2.45, 2.75) is 31.9 Å². The van der Waals surface area contributed by atoms with Crippen LogP contribution in [0.3, 0.4) is 0 Å². The van der Waals surface area contributed by atoms with Gasteiger partial charge in [0.05, 0.1) is 24.6 Å². The summed E-state index contributed by atoms with van der Waals surface area (Å²) < 4.78 is 20.5. The summed E-state index contributed by atoms with van der Waals surface area (Å²) in [5.74, 6) is -0.283. The van der Waals surface area contributed by atoms with E-state index in [1.165, 1.54) is 12.1 Å². The second-order valence-corrected chi connectivity index (χ2v) is 7.54. The lowest BCUT2D eigenvalue weighted by atomic mass is 10.0. The molecule has 2 aromatic rings. The summed E-state index contributed by atoms with van der Waals surface area (Å²) in [4.78, 5) is 17.9. The summed E-state index contributed by atoms with van der Waals surface area (Å²) in [6, 6.07) is 6.53. The van der Waals surface area contributed by atoms with Crippen LogP contribution < -0.4 is 0 Å². The number of halogens is 1. The average molecular weight is 370 g/mol.